The van der Waals surface area contributed by atoms with Gasteiger partial charge in [0.05, 0.1) is 17.8 Å². The van der Waals surface area contributed by atoms with Crippen molar-refractivity contribution in [1.29, 1.82) is 0 Å². The molecule has 0 spiro atoms. The molecule has 1 heterocycles. The Kier molecular flexibility index (Phi) is 2.40. The minimum Gasteiger partial charge on any atom is -0.495 e. The summed E-state index contributed by atoms with van der Waals surface area (Å²) >= 11 is 3.38. The molecule has 3 nitrogen and oxygen atoms in total. The fourth-order valence-electron chi connectivity index (χ4n) is 0.950. The highest BCUT2D eigenvalue weighted by molar-refractivity contribution is 9.10. The van der Waals surface area contributed by atoms with Gasteiger partial charge >= 0.3 is 0 Å². The van der Waals surface area contributed by atoms with E-state index in [1.54, 1.807) is 13.3 Å². The van der Waals surface area contributed by atoms with E-state index in [2.05, 4.69) is 20.9 Å². The Morgan fingerprint density at radius 3 is 2.85 bits per heavy atom. The van der Waals surface area contributed by atoms with Crippen molar-refractivity contribution in [2.75, 3.05) is 7.11 Å². The first-order chi connectivity index (χ1) is 6.29. The van der Waals surface area contributed by atoms with E-state index in [4.69, 9.17) is 9.47 Å². The van der Waals surface area contributed by atoms with E-state index in [1.807, 2.05) is 6.07 Å². The number of hydrogen-bond donors (Lipinski definition) is 0. The zero-order valence-corrected chi connectivity index (χ0v) is 8.87. The lowest BCUT2D eigenvalue weighted by atomic mass is 10.4. The third-order valence-electron chi connectivity index (χ3n) is 1.82. The predicted octanol–water partition coefficient (Wildman–Crippen LogP) is 2.39. The Bertz CT molecular complexity index is 312. The molecule has 0 atom stereocenters. The van der Waals surface area contributed by atoms with Crippen molar-refractivity contribution in [3.63, 3.8) is 0 Å². The summed E-state index contributed by atoms with van der Waals surface area (Å²) in [5.41, 5.74) is 0. The van der Waals surface area contributed by atoms with Crippen LogP contribution < -0.4 is 9.47 Å². The molecule has 70 valence electrons. The van der Waals surface area contributed by atoms with Gasteiger partial charge in [-0.2, -0.15) is 0 Å². The second-order valence-corrected chi connectivity index (χ2v) is 3.83. The lowest BCUT2D eigenvalue weighted by Crippen LogP contribution is -1.99. The fraction of sp³-hybridized carbons (Fsp3) is 0.444. The number of rotatable bonds is 3. The molecule has 1 aromatic rings. The molecule has 0 bridgehead atoms. The molecular weight excluding hydrogens is 234 g/mol. The molecule has 4 heteroatoms. The molecule has 1 aromatic heterocycles. The quantitative estimate of drug-likeness (QED) is 0.818. The fourth-order valence-corrected chi connectivity index (χ4v) is 1.37. The second kappa shape index (κ2) is 3.54. The van der Waals surface area contributed by atoms with E-state index >= 15 is 0 Å². The van der Waals surface area contributed by atoms with Crippen LogP contribution in [0, 0.1) is 0 Å². The molecule has 1 aliphatic carbocycles. The van der Waals surface area contributed by atoms with E-state index in [9.17, 15) is 0 Å². The van der Waals surface area contributed by atoms with Gasteiger partial charge in [-0.3, -0.25) is 0 Å². The molecule has 0 amide bonds. The normalized spacial score (nSPS) is 15.5. The van der Waals surface area contributed by atoms with Gasteiger partial charge in [0, 0.05) is 6.07 Å². The number of hydrogen-bond acceptors (Lipinski definition) is 3. The van der Waals surface area contributed by atoms with Crippen LogP contribution >= 0.6 is 15.9 Å². The zero-order valence-electron chi connectivity index (χ0n) is 7.29. The van der Waals surface area contributed by atoms with Gasteiger partial charge < -0.3 is 9.47 Å². The third-order valence-corrected chi connectivity index (χ3v) is 2.39. The molecule has 1 fully saturated rings. The van der Waals surface area contributed by atoms with Crippen LogP contribution in [0.1, 0.15) is 12.8 Å². The van der Waals surface area contributed by atoms with E-state index < -0.39 is 0 Å². The van der Waals surface area contributed by atoms with Crippen LogP contribution in [0.4, 0.5) is 0 Å². The predicted molar refractivity (Wildman–Crippen MR) is 52.1 cm³/mol. The van der Waals surface area contributed by atoms with Crippen molar-refractivity contribution < 1.29 is 9.47 Å². The molecule has 2 rings (SSSR count). The topological polar surface area (TPSA) is 31.4 Å². The summed E-state index contributed by atoms with van der Waals surface area (Å²) in [6, 6.07) is 1.85. The number of pyridine rings is 1. The van der Waals surface area contributed by atoms with E-state index in [0.717, 1.165) is 23.1 Å². The number of halogens is 1. The minimum atomic E-state index is 0.372. The van der Waals surface area contributed by atoms with Crippen LogP contribution in [-0.2, 0) is 0 Å². The largest absolute Gasteiger partial charge is 0.495 e. The summed E-state index contributed by atoms with van der Waals surface area (Å²) in [4.78, 5) is 4.14. The highest BCUT2D eigenvalue weighted by Gasteiger charge is 2.24. The van der Waals surface area contributed by atoms with E-state index in [-0.39, 0.29) is 0 Å². The van der Waals surface area contributed by atoms with Gasteiger partial charge in [-0.1, -0.05) is 0 Å². The highest BCUT2D eigenvalue weighted by atomic mass is 79.9. The lowest BCUT2D eigenvalue weighted by molar-refractivity contribution is 0.287. The molecule has 13 heavy (non-hydrogen) atoms. The molecule has 0 N–H and O–H groups in total. The Morgan fingerprint density at radius 2 is 2.31 bits per heavy atom. The van der Waals surface area contributed by atoms with E-state index in [1.165, 1.54) is 0 Å². The van der Waals surface area contributed by atoms with Crippen LogP contribution in [0.3, 0.4) is 0 Å². The Hall–Kier alpha value is -0.770. The molecule has 1 saturated carbocycles. The monoisotopic (exact) mass is 243 g/mol. The van der Waals surface area contributed by atoms with Gasteiger partial charge in [0.25, 0.3) is 0 Å². The molecule has 0 unspecified atom stereocenters. The zero-order chi connectivity index (χ0) is 9.26. The SMILES string of the molecule is COc1cnc(OC2CC2)c(Br)c1. The minimum absolute atomic E-state index is 0.372. The molecular formula is C9H10BrNO2. The summed E-state index contributed by atoms with van der Waals surface area (Å²) in [7, 11) is 1.62. The lowest BCUT2D eigenvalue weighted by Gasteiger charge is -2.06. The summed E-state index contributed by atoms with van der Waals surface area (Å²) in [5, 5.41) is 0. The van der Waals surface area contributed by atoms with Crippen LogP contribution in [0.25, 0.3) is 0 Å². The number of aromatic nitrogens is 1. The summed E-state index contributed by atoms with van der Waals surface area (Å²) in [6.45, 7) is 0. The van der Waals surface area contributed by atoms with Gasteiger partial charge in [0.15, 0.2) is 0 Å². The Morgan fingerprint density at radius 1 is 1.54 bits per heavy atom. The number of nitrogens with zero attached hydrogens (tertiary/aromatic N) is 1. The first kappa shape index (κ1) is 8.81. The van der Waals surface area contributed by atoms with Crippen molar-refractivity contribution in [2.24, 2.45) is 0 Å². The molecule has 0 aromatic carbocycles. The maximum absolute atomic E-state index is 5.54. The van der Waals surface area contributed by atoms with Crippen LogP contribution in [0.15, 0.2) is 16.7 Å². The van der Waals surface area contributed by atoms with Crippen molar-refractivity contribution >= 4 is 15.9 Å². The molecule has 0 saturated heterocycles. The standard InChI is InChI=1S/C9H10BrNO2/c1-12-7-4-8(10)9(11-5-7)13-6-2-3-6/h4-6H,2-3H2,1H3. The van der Waals surface area contributed by atoms with Crippen LogP contribution in [0.2, 0.25) is 0 Å². The van der Waals surface area contributed by atoms with Crippen molar-refractivity contribution in [3.05, 3.63) is 16.7 Å². The van der Waals surface area contributed by atoms with E-state index in [0.29, 0.717) is 12.0 Å². The maximum Gasteiger partial charge on any atom is 0.228 e. The Balaban J connectivity index is 2.15. The van der Waals surface area contributed by atoms with Gasteiger partial charge in [0.2, 0.25) is 5.88 Å². The first-order valence-electron chi connectivity index (χ1n) is 4.16. The van der Waals surface area contributed by atoms with Gasteiger partial charge in [-0.15, -0.1) is 0 Å². The smallest absolute Gasteiger partial charge is 0.228 e. The third kappa shape index (κ3) is 2.12. The van der Waals surface area contributed by atoms with Crippen LogP contribution in [0.5, 0.6) is 11.6 Å². The highest BCUT2D eigenvalue weighted by Crippen LogP contribution is 2.31. The molecule has 1 aliphatic rings. The van der Waals surface area contributed by atoms with Crippen molar-refractivity contribution in [1.82, 2.24) is 4.98 Å². The average molecular weight is 244 g/mol. The number of ether oxygens (including phenoxy) is 2. The van der Waals surface area contributed by atoms with Gasteiger partial charge in [0.1, 0.15) is 11.9 Å². The summed E-state index contributed by atoms with van der Waals surface area (Å²) in [6.07, 6.45) is 4.31. The van der Waals surface area contributed by atoms with Gasteiger partial charge in [-0.25, -0.2) is 4.98 Å². The summed E-state index contributed by atoms with van der Waals surface area (Å²) < 4.78 is 11.4. The average Bonchev–Trinajstić information content (AvgIpc) is 2.92. The van der Waals surface area contributed by atoms with Crippen molar-refractivity contribution in [3.8, 4) is 11.6 Å². The first-order valence-corrected chi connectivity index (χ1v) is 4.95. The summed E-state index contributed by atoms with van der Waals surface area (Å²) in [5.74, 6) is 1.39. The van der Waals surface area contributed by atoms with Gasteiger partial charge in [-0.05, 0) is 28.8 Å². The van der Waals surface area contributed by atoms with Crippen LogP contribution in [-0.4, -0.2) is 18.2 Å². The number of methoxy groups -OCH3 is 1. The molecule has 0 aliphatic heterocycles. The molecule has 0 radical (unpaired) electrons. The maximum atomic E-state index is 5.54. The second-order valence-electron chi connectivity index (χ2n) is 2.98. The van der Waals surface area contributed by atoms with Crippen molar-refractivity contribution in [2.45, 2.75) is 18.9 Å². The Labute approximate surface area is 85.2 Å².